The van der Waals surface area contributed by atoms with Gasteiger partial charge >= 0.3 is 0 Å². The number of primary amides is 1. The Bertz CT molecular complexity index is 558. The number of sulfone groups is 1. The van der Waals surface area contributed by atoms with Gasteiger partial charge in [-0.05, 0) is 12.1 Å². The SMILES string of the molecule is CCS(=O)(=O)CCNCc1ccc(C(N)=O)cc1F. The Morgan fingerprint density at radius 3 is 2.63 bits per heavy atom. The van der Waals surface area contributed by atoms with Crippen molar-refractivity contribution < 1.29 is 17.6 Å². The molecule has 0 radical (unpaired) electrons. The Morgan fingerprint density at radius 2 is 2.11 bits per heavy atom. The third-order valence-electron chi connectivity index (χ3n) is 2.68. The molecule has 1 rings (SSSR count). The molecule has 0 heterocycles. The zero-order chi connectivity index (χ0) is 14.5. The van der Waals surface area contributed by atoms with Gasteiger partial charge in [0.25, 0.3) is 0 Å². The van der Waals surface area contributed by atoms with Crippen LogP contribution in [0.25, 0.3) is 0 Å². The highest BCUT2D eigenvalue weighted by atomic mass is 32.2. The molecule has 1 aromatic carbocycles. The van der Waals surface area contributed by atoms with Crippen LogP contribution in [0.1, 0.15) is 22.8 Å². The van der Waals surface area contributed by atoms with E-state index in [9.17, 15) is 17.6 Å². The molecule has 106 valence electrons. The normalized spacial score (nSPS) is 11.5. The number of amides is 1. The van der Waals surface area contributed by atoms with Crippen LogP contribution in [0, 0.1) is 5.82 Å². The Balaban J connectivity index is 2.53. The van der Waals surface area contributed by atoms with Gasteiger partial charge in [-0.1, -0.05) is 13.0 Å². The minimum absolute atomic E-state index is 0.0183. The van der Waals surface area contributed by atoms with E-state index < -0.39 is 21.6 Å². The van der Waals surface area contributed by atoms with Crippen LogP contribution in [0.4, 0.5) is 4.39 Å². The molecule has 0 aliphatic rings. The lowest BCUT2D eigenvalue weighted by Gasteiger charge is -2.07. The Kier molecular flexibility index (Phi) is 5.44. The molecule has 0 unspecified atom stereocenters. The van der Waals surface area contributed by atoms with Gasteiger partial charge in [0.1, 0.15) is 5.82 Å². The molecule has 5 nitrogen and oxygen atoms in total. The topological polar surface area (TPSA) is 89.3 Å². The second-order valence-electron chi connectivity index (χ2n) is 4.08. The highest BCUT2D eigenvalue weighted by molar-refractivity contribution is 7.91. The van der Waals surface area contributed by atoms with Crippen LogP contribution in [0.2, 0.25) is 0 Å². The molecule has 0 aliphatic carbocycles. The summed E-state index contributed by atoms with van der Waals surface area (Å²) < 4.78 is 36.0. The summed E-state index contributed by atoms with van der Waals surface area (Å²) in [7, 11) is -3.02. The molecular weight excluding hydrogens is 271 g/mol. The van der Waals surface area contributed by atoms with Gasteiger partial charge in [-0.25, -0.2) is 12.8 Å². The molecule has 1 amide bonds. The first-order valence-corrected chi connectivity index (χ1v) is 7.67. The van der Waals surface area contributed by atoms with Crippen molar-refractivity contribution in [3.05, 3.63) is 35.1 Å². The summed E-state index contributed by atoms with van der Waals surface area (Å²) in [5, 5.41) is 2.85. The van der Waals surface area contributed by atoms with Crippen molar-refractivity contribution in [3.63, 3.8) is 0 Å². The van der Waals surface area contributed by atoms with E-state index in [1.165, 1.54) is 12.1 Å². The first kappa shape index (κ1) is 15.6. The number of carbonyl (C=O) groups is 1. The van der Waals surface area contributed by atoms with E-state index in [0.717, 1.165) is 6.07 Å². The molecule has 0 aromatic heterocycles. The third kappa shape index (κ3) is 4.96. The molecule has 3 N–H and O–H groups in total. The predicted molar refractivity (Wildman–Crippen MR) is 71.0 cm³/mol. The van der Waals surface area contributed by atoms with Gasteiger partial charge in [0.15, 0.2) is 9.84 Å². The molecular formula is C12H17FN2O3S. The summed E-state index contributed by atoms with van der Waals surface area (Å²) in [5.74, 6) is -1.12. The van der Waals surface area contributed by atoms with Crippen molar-refractivity contribution in [2.75, 3.05) is 18.1 Å². The minimum Gasteiger partial charge on any atom is -0.366 e. The predicted octanol–water partition coefficient (Wildman–Crippen LogP) is 0.449. The average molecular weight is 288 g/mol. The van der Waals surface area contributed by atoms with E-state index >= 15 is 0 Å². The molecule has 0 spiro atoms. The lowest BCUT2D eigenvalue weighted by Crippen LogP contribution is -2.24. The third-order valence-corrected chi connectivity index (χ3v) is 4.39. The van der Waals surface area contributed by atoms with E-state index in [0.29, 0.717) is 5.56 Å². The summed E-state index contributed by atoms with van der Waals surface area (Å²) in [4.78, 5) is 10.8. The van der Waals surface area contributed by atoms with Gasteiger partial charge in [-0.3, -0.25) is 4.79 Å². The fraction of sp³-hybridized carbons (Fsp3) is 0.417. The first-order chi connectivity index (χ1) is 8.85. The molecule has 0 bridgehead atoms. The Hall–Kier alpha value is -1.47. The second kappa shape index (κ2) is 6.63. The van der Waals surface area contributed by atoms with E-state index in [1.54, 1.807) is 6.92 Å². The van der Waals surface area contributed by atoms with Crippen LogP contribution >= 0.6 is 0 Å². The van der Waals surface area contributed by atoms with Crippen LogP contribution in [0.3, 0.4) is 0 Å². The van der Waals surface area contributed by atoms with E-state index in [2.05, 4.69) is 5.32 Å². The number of nitrogens with one attached hydrogen (secondary N) is 1. The number of benzene rings is 1. The highest BCUT2D eigenvalue weighted by Gasteiger charge is 2.08. The van der Waals surface area contributed by atoms with E-state index in [1.807, 2.05) is 0 Å². The maximum absolute atomic E-state index is 13.6. The maximum atomic E-state index is 13.6. The van der Waals surface area contributed by atoms with Crippen molar-refractivity contribution >= 4 is 15.7 Å². The van der Waals surface area contributed by atoms with Crippen molar-refractivity contribution in [1.82, 2.24) is 5.32 Å². The molecule has 0 aliphatic heterocycles. The fourth-order valence-corrected chi connectivity index (χ4v) is 2.18. The number of rotatable bonds is 7. The first-order valence-electron chi connectivity index (χ1n) is 5.85. The fourth-order valence-electron chi connectivity index (χ4n) is 1.44. The monoisotopic (exact) mass is 288 g/mol. The molecule has 19 heavy (non-hydrogen) atoms. The van der Waals surface area contributed by atoms with Crippen LogP contribution in [0.5, 0.6) is 0 Å². The summed E-state index contributed by atoms with van der Waals surface area (Å²) >= 11 is 0. The zero-order valence-electron chi connectivity index (χ0n) is 10.6. The highest BCUT2D eigenvalue weighted by Crippen LogP contribution is 2.10. The van der Waals surface area contributed by atoms with Gasteiger partial charge in [0, 0.05) is 30.0 Å². The lowest BCUT2D eigenvalue weighted by molar-refractivity contribution is 0.1000. The second-order valence-corrected chi connectivity index (χ2v) is 6.56. The number of hydrogen-bond acceptors (Lipinski definition) is 4. The number of nitrogens with two attached hydrogens (primary N) is 1. The van der Waals surface area contributed by atoms with Crippen LogP contribution in [-0.2, 0) is 16.4 Å². The molecule has 7 heteroatoms. The van der Waals surface area contributed by atoms with Crippen molar-refractivity contribution in [2.24, 2.45) is 5.73 Å². The van der Waals surface area contributed by atoms with Crippen LogP contribution < -0.4 is 11.1 Å². The smallest absolute Gasteiger partial charge is 0.248 e. The Morgan fingerprint density at radius 1 is 1.42 bits per heavy atom. The van der Waals surface area contributed by atoms with Crippen LogP contribution in [-0.4, -0.2) is 32.4 Å². The largest absolute Gasteiger partial charge is 0.366 e. The van der Waals surface area contributed by atoms with Crippen molar-refractivity contribution in [3.8, 4) is 0 Å². The molecule has 1 aromatic rings. The van der Waals surface area contributed by atoms with Crippen molar-refractivity contribution in [1.29, 1.82) is 0 Å². The minimum atomic E-state index is -3.02. The molecule has 0 fully saturated rings. The maximum Gasteiger partial charge on any atom is 0.248 e. The Labute approximate surface area is 111 Å². The van der Waals surface area contributed by atoms with Gasteiger partial charge < -0.3 is 11.1 Å². The molecule has 0 saturated carbocycles. The summed E-state index contributed by atoms with van der Waals surface area (Å²) in [6.45, 7) is 2.04. The van der Waals surface area contributed by atoms with Crippen molar-refractivity contribution in [2.45, 2.75) is 13.5 Å². The van der Waals surface area contributed by atoms with Gasteiger partial charge in [0.05, 0.1) is 5.75 Å². The van der Waals surface area contributed by atoms with Gasteiger partial charge in [-0.15, -0.1) is 0 Å². The quantitative estimate of drug-likeness (QED) is 0.713. The summed E-state index contributed by atoms with van der Waals surface area (Å²) in [6, 6.07) is 3.96. The van der Waals surface area contributed by atoms with Gasteiger partial charge in [0.2, 0.25) is 5.91 Å². The summed E-state index contributed by atoms with van der Waals surface area (Å²) in [5.41, 5.74) is 5.50. The lowest BCUT2D eigenvalue weighted by atomic mass is 10.1. The number of carbonyl (C=O) groups excluding carboxylic acids is 1. The van der Waals surface area contributed by atoms with Gasteiger partial charge in [-0.2, -0.15) is 0 Å². The molecule has 0 saturated heterocycles. The summed E-state index contributed by atoms with van der Waals surface area (Å²) in [6.07, 6.45) is 0. The standard InChI is InChI=1S/C12H17FN2O3S/c1-2-19(17,18)6-5-15-8-10-4-3-9(12(14)16)7-11(10)13/h3-4,7,15H,2,5-6,8H2,1H3,(H2,14,16). The zero-order valence-corrected chi connectivity index (χ0v) is 11.5. The van der Waals surface area contributed by atoms with Crippen LogP contribution in [0.15, 0.2) is 18.2 Å². The average Bonchev–Trinajstić information content (AvgIpc) is 2.36. The number of hydrogen-bond donors (Lipinski definition) is 2. The number of halogens is 1. The van der Waals surface area contributed by atoms with E-state index in [4.69, 9.17) is 5.73 Å². The molecule has 0 atom stereocenters. The van der Waals surface area contributed by atoms with E-state index in [-0.39, 0.29) is 30.2 Å².